The van der Waals surface area contributed by atoms with E-state index in [1.165, 1.54) is 0 Å². The Balaban J connectivity index is 1.70. The summed E-state index contributed by atoms with van der Waals surface area (Å²) >= 11 is 0. The molecule has 6 nitrogen and oxygen atoms in total. The zero-order chi connectivity index (χ0) is 13.1. The van der Waals surface area contributed by atoms with Gasteiger partial charge in [0.25, 0.3) is 0 Å². The summed E-state index contributed by atoms with van der Waals surface area (Å²) in [6.07, 6.45) is 2.90. The SMILES string of the molecule is CC(CCNC(=O)N1CC2CCC(C1)O2)C(=O)O. The van der Waals surface area contributed by atoms with E-state index in [9.17, 15) is 9.59 Å². The van der Waals surface area contributed by atoms with Crippen molar-refractivity contribution in [3.8, 4) is 0 Å². The van der Waals surface area contributed by atoms with Crippen LogP contribution >= 0.6 is 0 Å². The van der Waals surface area contributed by atoms with Gasteiger partial charge in [-0.25, -0.2) is 4.79 Å². The van der Waals surface area contributed by atoms with Gasteiger partial charge in [0.2, 0.25) is 0 Å². The fraction of sp³-hybridized carbons (Fsp3) is 0.833. The second-order valence-electron chi connectivity index (χ2n) is 5.12. The third-order valence-corrected chi connectivity index (χ3v) is 3.61. The first-order chi connectivity index (χ1) is 8.56. The predicted octanol–water partition coefficient (Wildman–Crippen LogP) is 0.670. The maximum atomic E-state index is 11.9. The van der Waals surface area contributed by atoms with E-state index in [0.717, 1.165) is 12.8 Å². The molecule has 102 valence electrons. The number of carboxylic acid groups (broad SMARTS) is 1. The van der Waals surface area contributed by atoms with Gasteiger partial charge in [-0.2, -0.15) is 0 Å². The Morgan fingerprint density at radius 1 is 1.39 bits per heavy atom. The molecule has 2 saturated heterocycles. The van der Waals surface area contributed by atoms with E-state index in [2.05, 4.69) is 5.32 Å². The van der Waals surface area contributed by atoms with E-state index in [-0.39, 0.29) is 18.2 Å². The molecule has 2 rings (SSSR count). The lowest BCUT2D eigenvalue weighted by Gasteiger charge is -2.32. The van der Waals surface area contributed by atoms with Crippen LogP contribution < -0.4 is 5.32 Å². The summed E-state index contributed by atoms with van der Waals surface area (Å²) in [6, 6.07) is -0.104. The van der Waals surface area contributed by atoms with Crippen molar-refractivity contribution in [3.05, 3.63) is 0 Å². The molecule has 3 atom stereocenters. The van der Waals surface area contributed by atoms with E-state index in [4.69, 9.17) is 9.84 Å². The lowest BCUT2D eigenvalue weighted by molar-refractivity contribution is -0.141. The Labute approximate surface area is 106 Å². The molecule has 18 heavy (non-hydrogen) atoms. The van der Waals surface area contributed by atoms with Gasteiger partial charge in [0.05, 0.1) is 18.1 Å². The van der Waals surface area contributed by atoms with E-state index in [1.54, 1.807) is 11.8 Å². The number of ether oxygens (including phenoxy) is 1. The van der Waals surface area contributed by atoms with Gasteiger partial charge in [-0.1, -0.05) is 6.92 Å². The molecule has 0 aliphatic carbocycles. The largest absolute Gasteiger partial charge is 0.481 e. The molecule has 3 unspecified atom stereocenters. The molecule has 2 N–H and O–H groups in total. The summed E-state index contributed by atoms with van der Waals surface area (Å²) in [5, 5.41) is 11.5. The number of fused-ring (bicyclic) bond motifs is 2. The van der Waals surface area contributed by atoms with Gasteiger partial charge in [0.1, 0.15) is 0 Å². The molecule has 0 aromatic carbocycles. The number of likely N-dealkylation sites (tertiary alicyclic amines) is 1. The average Bonchev–Trinajstić information content (AvgIpc) is 2.67. The molecular formula is C12H20N2O4. The number of morpholine rings is 1. The quantitative estimate of drug-likeness (QED) is 0.775. The van der Waals surface area contributed by atoms with Crippen LogP contribution in [0.15, 0.2) is 0 Å². The number of hydrogen-bond acceptors (Lipinski definition) is 3. The van der Waals surface area contributed by atoms with Crippen molar-refractivity contribution in [3.63, 3.8) is 0 Å². The average molecular weight is 256 g/mol. The number of nitrogens with zero attached hydrogens (tertiary/aromatic N) is 1. The van der Waals surface area contributed by atoms with Crippen LogP contribution in [0.5, 0.6) is 0 Å². The first kappa shape index (κ1) is 13.1. The highest BCUT2D eigenvalue weighted by Gasteiger charge is 2.35. The molecule has 0 aromatic rings. The number of urea groups is 1. The van der Waals surface area contributed by atoms with Gasteiger partial charge in [-0.05, 0) is 19.3 Å². The van der Waals surface area contributed by atoms with Crippen molar-refractivity contribution in [2.75, 3.05) is 19.6 Å². The third kappa shape index (κ3) is 3.13. The van der Waals surface area contributed by atoms with Crippen LogP contribution in [0.25, 0.3) is 0 Å². The summed E-state index contributed by atoms with van der Waals surface area (Å²) in [5.74, 6) is -1.25. The highest BCUT2D eigenvalue weighted by Crippen LogP contribution is 2.26. The Hall–Kier alpha value is -1.30. The Morgan fingerprint density at radius 2 is 2.00 bits per heavy atom. The van der Waals surface area contributed by atoms with Gasteiger partial charge < -0.3 is 20.1 Å². The van der Waals surface area contributed by atoms with Crippen molar-refractivity contribution >= 4 is 12.0 Å². The molecular weight excluding hydrogens is 236 g/mol. The van der Waals surface area contributed by atoms with Crippen molar-refractivity contribution in [1.29, 1.82) is 0 Å². The summed E-state index contributed by atoms with van der Waals surface area (Å²) in [6.45, 7) is 3.34. The molecule has 2 aliphatic rings. The standard InChI is InChI=1S/C12H20N2O4/c1-8(11(15)16)4-5-13-12(17)14-6-9-2-3-10(7-14)18-9/h8-10H,2-7H2,1H3,(H,13,17)(H,15,16). The molecule has 2 heterocycles. The molecule has 0 saturated carbocycles. The topological polar surface area (TPSA) is 78.9 Å². The number of carbonyl (C=O) groups excluding carboxylic acids is 1. The van der Waals surface area contributed by atoms with Crippen LogP contribution in [-0.2, 0) is 9.53 Å². The molecule has 2 aliphatic heterocycles. The fourth-order valence-electron chi connectivity index (χ4n) is 2.41. The van der Waals surface area contributed by atoms with Gasteiger partial charge in [0, 0.05) is 19.6 Å². The number of amides is 2. The van der Waals surface area contributed by atoms with Crippen LogP contribution in [-0.4, -0.2) is 53.8 Å². The number of aliphatic carboxylic acids is 1. The van der Waals surface area contributed by atoms with E-state index >= 15 is 0 Å². The molecule has 2 fully saturated rings. The molecule has 2 amide bonds. The van der Waals surface area contributed by atoms with E-state index in [0.29, 0.717) is 26.1 Å². The summed E-state index contributed by atoms with van der Waals surface area (Å²) in [7, 11) is 0. The fourth-order valence-corrected chi connectivity index (χ4v) is 2.41. The van der Waals surface area contributed by atoms with Crippen LogP contribution in [0.4, 0.5) is 4.79 Å². The summed E-state index contributed by atoms with van der Waals surface area (Å²) in [4.78, 5) is 24.3. The minimum absolute atomic E-state index is 0.104. The summed E-state index contributed by atoms with van der Waals surface area (Å²) < 4.78 is 5.65. The molecule has 0 spiro atoms. The number of hydrogen-bond donors (Lipinski definition) is 2. The first-order valence-electron chi connectivity index (χ1n) is 6.47. The van der Waals surface area contributed by atoms with Gasteiger partial charge >= 0.3 is 12.0 Å². The highest BCUT2D eigenvalue weighted by atomic mass is 16.5. The smallest absolute Gasteiger partial charge is 0.317 e. The second kappa shape index (κ2) is 5.56. The molecule has 2 bridgehead atoms. The second-order valence-corrected chi connectivity index (χ2v) is 5.12. The van der Waals surface area contributed by atoms with Gasteiger partial charge in [-0.15, -0.1) is 0 Å². The van der Waals surface area contributed by atoms with Crippen LogP contribution in [0, 0.1) is 5.92 Å². The van der Waals surface area contributed by atoms with Crippen molar-refractivity contribution < 1.29 is 19.4 Å². The van der Waals surface area contributed by atoms with E-state index in [1.807, 2.05) is 0 Å². The molecule has 6 heteroatoms. The lowest BCUT2D eigenvalue weighted by Crippen LogP contribution is -2.50. The molecule has 0 aromatic heterocycles. The zero-order valence-electron chi connectivity index (χ0n) is 10.6. The van der Waals surface area contributed by atoms with Crippen LogP contribution in [0.1, 0.15) is 26.2 Å². The third-order valence-electron chi connectivity index (χ3n) is 3.61. The maximum absolute atomic E-state index is 11.9. The Morgan fingerprint density at radius 3 is 2.56 bits per heavy atom. The van der Waals surface area contributed by atoms with Gasteiger partial charge in [-0.3, -0.25) is 4.79 Å². The maximum Gasteiger partial charge on any atom is 0.317 e. The number of rotatable bonds is 4. The summed E-state index contributed by atoms with van der Waals surface area (Å²) in [5.41, 5.74) is 0. The van der Waals surface area contributed by atoms with Crippen molar-refractivity contribution in [2.45, 2.75) is 38.4 Å². The van der Waals surface area contributed by atoms with E-state index < -0.39 is 11.9 Å². The Bertz CT molecular complexity index is 322. The minimum atomic E-state index is -0.825. The number of carbonyl (C=O) groups is 2. The Kier molecular flexibility index (Phi) is 4.06. The lowest BCUT2D eigenvalue weighted by atomic mass is 10.1. The minimum Gasteiger partial charge on any atom is -0.481 e. The first-order valence-corrected chi connectivity index (χ1v) is 6.47. The predicted molar refractivity (Wildman–Crippen MR) is 64.3 cm³/mol. The van der Waals surface area contributed by atoms with Crippen molar-refractivity contribution in [2.24, 2.45) is 5.92 Å². The number of nitrogens with one attached hydrogen (secondary N) is 1. The van der Waals surface area contributed by atoms with Gasteiger partial charge in [0.15, 0.2) is 0 Å². The van der Waals surface area contributed by atoms with Crippen molar-refractivity contribution in [1.82, 2.24) is 10.2 Å². The van der Waals surface area contributed by atoms with Crippen LogP contribution in [0.3, 0.4) is 0 Å². The number of carboxylic acids is 1. The normalized spacial score (nSPS) is 27.9. The zero-order valence-corrected chi connectivity index (χ0v) is 10.6. The van der Waals surface area contributed by atoms with Crippen LogP contribution in [0.2, 0.25) is 0 Å². The monoisotopic (exact) mass is 256 g/mol. The highest BCUT2D eigenvalue weighted by molar-refractivity contribution is 5.74. The molecule has 0 radical (unpaired) electrons.